The van der Waals surface area contributed by atoms with Crippen molar-refractivity contribution in [3.63, 3.8) is 0 Å². The second-order valence-electron chi connectivity index (χ2n) is 5.89. The van der Waals surface area contributed by atoms with Crippen molar-refractivity contribution < 1.29 is 14.3 Å². The van der Waals surface area contributed by atoms with E-state index in [0.29, 0.717) is 12.1 Å². The molecule has 1 heterocycles. The molecule has 2 aromatic carbocycles. The van der Waals surface area contributed by atoms with Crippen LogP contribution in [0, 0.1) is 6.92 Å². The number of nitrogens with one attached hydrogen (secondary N) is 1. The van der Waals surface area contributed by atoms with Crippen LogP contribution in [0.1, 0.15) is 21.5 Å². The first-order valence-electron chi connectivity index (χ1n) is 7.89. The molecule has 0 bridgehead atoms. The second kappa shape index (κ2) is 6.84. The quantitative estimate of drug-likeness (QED) is 0.941. The Morgan fingerprint density at radius 1 is 1.17 bits per heavy atom. The zero-order chi connectivity index (χ0) is 17.1. The molecule has 0 spiro atoms. The molecule has 0 aromatic heterocycles. The summed E-state index contributed by atoms with van der Waals surface area (Å²) < 4.78 is 4.92. The Kier molecular flexibility index (Phi) is 4.62. The van der Waals surface area contributed by atoms with Crippen LogP contribution in [0.2, 0.25) is 0 Å². The molecule has 0 aliphatic carbocycles. The third-order valence-corrected chi connectivity index (χ3v) is 4.12. The number of methoxy groups -OCH3 is 1. The summed E-state index contributed by atoms with van der Waals surface area (Å²) in [7, 11) is 1.51. The number of amides is 2. The summed E-state index contributed by atoms with van der Waals surface area (Å²) in [5, 5.41) is 2.91. The third-order valence-electron chi connectivity index (χ3n) is 4.12. The topological polar surface area (TPSA) is 58.6 Å². The monoisotopic (exact) mass is 324 g/mol. The number of fused-ring (bicyclic) bond motifs is 1. The van der Waals surface area contributed by atoms with Crippen molar-refractivity contribution in [1.29, 1.82) is 0 Å². The molecule has 2 aromatic rings. The van der Waals surface area contributed by atoms with Gasteiger partial charge in [-0.1, -0.05) is 17.7 Å². The number of anilines is 2. The lowest BCUT2D eigenvalue weighted by atomic mass is 10.1. The van der Waals surface area contributed by atoms with Gasteiger partial charge in [0.15, 0.2) is 0 Å². The molecule has 0 atom stereocenters. The van der Waals surface area contributed by atoms with E-state index in [4.69, 9.17) is 4.74 Å². The molecule has 1 aliphatic heterocycles. The minimum Gasteiger partial charge on any atom is -0.375 e. The number of nitrogens with zero attached hydrogens (tertiary/aromatic N) is 1. The number of ether oxygens (including phenoxy) is 1. The molecule has 0 saturated heterocycles. The molecule has 5 nitrogen and oxygen atoms in total. The largest absolute Gasteiger partial charge is 0.375 e. The van der Waals surface area contributed by atoms with Crippen molar-refractivity contribution in [1.82, 2.24) is 0 Å². The van der Waals surface area contributed by atoms with Crippen molar-refractivity contribution in [2.75, 3.05) is 30.5 Å². The maximum absolute atomic E-state index is 12.3. The number of benzene rings is 2. The number of rotatable bonds is 4. The lowest BCUT2D eigenvalue weighted by Gasteiger charge is -2.17. The van der Waals surface area contributed by atoms with Gasteiger partial charge in [-0.2, -0.15) is 0 Å². The Hall–Kier alpha value is -2.66. The standard InChI is InChI=1S/C19H20N2O3/c1-13-3-5-14(6-4-13)19(23)20-16-7-8-17-15(11-16)9-10-21(17)18(22)12-24-2/h3-8,11H,9-10,12H2,1-2H3,(H,20,23). The molecule has 24 heavy (non-hydrogen) atoms. The highest BCUT2D eigenvalue weighted by Gasteiger charge is 2.24. The fourth-order valence-electron chi connectivity index (χ4n) is 2.85. The Labute approximate surface area is 141 Å². The zero-order valence-electron chi connectivity index (χ0n) is 13.8. The van der Waals surface area contributed by atoms with E-state index < -0.39 is 0 Å². The van der Waals surface area contributed by atoms with Crippen LogP contribution >= 0.6 is 0 Å². The molecular formula is C19H20N2O3. The summed E-state index contributed by atoms with van der Waals surface area (Å²) in [6.07, 6.45) is 0.777. The normalized spacial score (nSPS) is 12.8. The van der Waals surface area contributed by atoms with Crippen molar-refractivity contribution in [2.45, 2.75) is 13.3 Å². The van der Waals surface area contributed by atoms with E-state index in [1.165, 1.54) is 7.11 Å². The van der Waals surface area contributed by atoms with Crippen LogP contribution < -0.4 is 10.2 Å². The lowest BCUT2D eigenvalue weighted by molar-refractivity contribution is -0.122. The molecule has 1 N–H and O–H groups in total. The first-order chi connectivity index (χ1) is 11.6. The van der Waals surface area contributed by atoms with Crippen LogP contribution in [-0.4, -0.2) is 32.1 Å². The van der Waals surface area contributed by atoms with Gasteiger partial charge in [-0.05, 0) is 49.2 Å². The average Bonchev–Trinajstić information content (AvgIpc) is 2.99. The van der Waals surface area contributed by atoms with E-state index in [9.17, 15) is 9.59 Å². The number of hydrogen-bond acceptors (Lipinski definition) is 3. The van der Waals surface area contributed by atoms with E-state index in [1.54, 1.807) is 4.90 Å². The minimum atomic E-state index is -0.139. The van der Waals surface area contributed by atoms with Gasteiger partial charge in [-0.3, -0.25) is 9.59 Å². The Morgan fingerprint density at radius 3 is 2.62 bits per heavy atom. The predicted molar refractivity (Wildman–Crippen MR) is 93.5 cm³/mol. The predicted octanol–water partition coefficient (Wildman–Crippen LogP) is 2.78. The summed E-state index contributed by atoms with van der Waals surface area (Å²) in [4.78, 5) is 26.0. The highest BCUT2D eigenvalue weighted by atomic mass is 16.5. The van der Waals surface area contributed by atoms with Crippen molar-refractivity contribution in [3.05, 3.63) is 59.2 Å². The van der Waals surface area contributed by atoms with Crippen LogP contribution in [0.15, 0.2) is 42.5 Å². The van der Waals surface area contributed by atoms with Crippen LogP contribution in [0.5, 0.6) is 0 Å². The summed E-state index contributed by atoms with van der Waals surface area (Å²) in [5.41, 5.74) is 4.43. The third kappa shape index (κ3) is 3.31. The lowest BCUT2D eigenvalue weighted by Crippen LogP contribution is -2.31. The number of aryl methyl sites for hydroxylation is 1. The molecule has 0 saturated carbocycles. The van der Waals surface area contributed by atoms with Crippen molar-refractivity contribution >= 4 is 23.2 Å². The highest BCUT2D eigenvalue weighted by molar-refractivity contribution is 6.04. The first kappa shape index (κ1) is 16.2. The molecule has 1 aliphatic rings. The van der Waals surface area contributed by atoms with Gasteiger partial charge in [0.05, 0.1) is 0 Å². The second-order valence-corrected chi connectivity index (χ2v) is 5.89. The van der Waals surface area contributed by atoms with Crippen LogP contribution in [0.25, 0.3) is 0 Å². The molecule has 2 amide bonds. The van der Waals surface area contributed by atoms with E-state index in [0.717, 1.165) is 28.9 Å². The van der Waals surface area contributed by atoms with E-state index in [-0.39, 0.29) is 18.4 Å². The SMILES string of the molecule is COCC(=O)N1CCc2cc(NC(=O)c3ccc(C)cc3)ccc21. The fraction of sp³-hybridized carbons (Fsp3) is 0.263. The summed E-state index contributed by atoms with van der Waals surface area (Å²) in [6, 6.07) is 13.1. The smallest absolute Gasteiger partial charge is 0.255 e. The molecular weight excluding hydrogens is 304 g/mol. The molecule has 0 fully saturated rings. The maximum Gasteiger partial charge on any atom is 0.255 e. The maximum atomic E-state index is 12.3. The number of carbonyl (C=O) groups is 2. The van der Waals surface area contributed by atoms with Crippen LogP contribution in [0.4, 0.5) is 11.4 Å². The Bertz CT molecular complexity index is 769. The summed E-state index contributed by atoms with van der Waals surface area (Å²) in [6.45, 7) is 2.71. The van der Waals surface area contributed by atoms with Gasteiger partial charge in [0.2, 0.25) is 0 Å². The first-order valence-corrected chi connectivity index (χ1v) is 7.89. The Balaban J connectivity index is 1.74. The van der Waals surface area contributed by atoms with Gasteiger partial charge in [0.1, 0.15) is 6.61 Å². The average molecular weight is 324 g/mol. The Morgan fingerprint density at radius 2 is 1.92 bits per heavy atom. The van der Waals surface area contributed by atoms with Gasteiger partial charge in [0, 0.05) is 30.6 Å². The van der Waals surface area contributed by atoms with Gasteiger partial charge in [0.25, 0.3) is 11.8 Å². The fourth-order valence-corrected chi connectivity index (χ4v) is 2.85. The van der Waals surface area contributed by atoms with Gasteiger partial charge >= 0.3 is 0 Å². The number of hydrogen-bond donors (Lipinski definition) is 1. The molecule has 3 rings (SSSR count). The number of carbonyl (C=O) groups excluding carboxylic acids is 2. The summed E-state index contributed by atoms with van der Waals surface area (Å²) in [5.74, 6) is -0.187. The van der Waals surface area contributed by atoms with Crippen LogP contribution in [0.3, 0.4) is 0 Å². The van der Waals surface area contributed by atoms with E-state index in [2.05, 4.69) is 5.32 Å². The van der Waals surface area contributed by atoms with Gasteiger partial charge in [-0.15, -0.1) is 0 Å². The molecule has 5 heteroatoms. The van der Waals surface area contributed by atoms with Gasteiger partial charge in [-0.25, -0.2) is 0 Å². The minimum absolute atomic E-state index is 0.0484. The molecule has 124 valence electrons. The highest BCUT2D eigenvalue weighted by Crippen LogP contribution is 2.30. The van der Waals surface area contributed by atoms with E-state index >= 15 is 0 Å². The van der Waals surface area contributed by atoms with Crippen molar-refractivity contribution in [3.8, 4) is 0 Å². The van der Waals surface area contributed by atoms with E-state index in [1.807, 2.05) is 49.4 Å². The van der Waals surface area contributed by atoms with Crippen molar-refractivity contribution in [2.24, 2.45) is 0 Å². The summed E-state index contributed by atoms with van der Waals surface area (Å²) >= 11 is 0. The van der Waals surface area contributed by atoms with Gasteiger partial charge < -0.3 is 15.0 Å². The molecule has 0 radical (unpaired) electrons. The van der Waals surface area contributed by atoms with Crippen LogP contribution in [-0.2, 0) is 16.0 Å². The molecule has 0 unspecified atom stereocenters. The zero-order valence-corrected chi connectivity index (χ0v) is 13.8.